The van der Waals surface area contributed by atoms with Crippen molar-refractivity contribution in [3.05, 3.63) is 47.5 Å². The third-order valence-corrected chi connectivity index (χ3v) is 2.63. The first-order chi connectivity index (χ1) is 10.5. The molecule has 0 atom stereocenters. The molecule has 0 spiro atoms. The van der Waals surface area contributed by atoms with Crippen LogP contribution in [0.2, 0.25) is 0 Å². The van der Waals surface area contributed by atoms with E-state index in [0.29, 0.717) is 0 Å². The zero-order chi connectivity index (χ0) is 16.1. The number of phenolic OH excluding ortho intramolecular Hbond substituents is 2. The van der Waals surface area contributed by atoms with Crippen LogP contribution in [0.25, 0.3) is 0 Å². The first-order valence-corrected chi connectivity index (χ1v) is 6.01. The molecule has 0 saturated carbocycles. The van der Waals surface area contributed by atoms with Crippen molar-refractivity contribution in [1.82, 2.24) is 0 Å². The molecule has 0 bridgehead atoms. The second kappa shape index (κ2) is 8.03. The average molecular weight is 304 g/mol. The molecule has 0 aromatic heterocycles. The zero-order valence-corrected chi connectivity index (χ0v) is 12.1. The van der Waals surface area contributed by atoms with Crippen LogP contribution in [0, 0.1) is 22.7 Å². The van der Waals surface area contributed by atoms with Crippen LogP contribution < -0.4 is 28.2 Å². The van der Waals surface area contributed by atoms with Crippen molar-refractivity contribution in [2.45, 2.75) is 0 Å². The molecule has 0 saturated heterocycles. The Bertz CT molecular complexity index is 728. The first kappa shape index (κ1) is 18.3. The maximum absolute atomic E-state index is 9.70. The third kappa shape index (κ3) is 4.61. The van der Waals surface area contributed by atoms with E-state index in [9.17, 15) is 15.2 Å². The molecular weight excluding hydrogens is 294 g/mol. The zero-order valence-electron chi connectivity index (χ0n) is 13.1. The van der Waals surface area contributed by atoms with Gasteiger partial charge in [0.2, 0.25) is 0 Å². The van der Waals surface area contributed by atoms with Gasteiger partial charge in [-0.2, -0.15) is 10.5 Å². The van der Waals surface area contributed by atoms with Crippen LogP contribution in [-0.2, 0) is 0 Å². The molecule has 2 rings (SSSR count). The molecule has 0 fully saturated rings. The molecule has 0 radical (unpaired) electrons. The fourth-order valence-electron chi connectivity index (χ4n) is 1.60. The molecule has 3 N–H and O–H groups in total. The second-order valence-electron chi connectivity index (χ2n) is 4.13. The van der Waals surface area contributed by atoms with Gasteiger partial charge in [0.25, 0.3) is 0 Å². The van der Waals surface area contributed by atoms with Crippen molar-refractivity contribution in [3.8, 4) is 35.1 Å². The van der Waals surface area contributed by atoms with Gasteiger partial charge in [-0.25, -0.2) is 0 Å². The molecule has 0 heterocycles. The Morgan fingerprint density at radius 2 is 1.26 bits per heavy atom. The quantitative estimate of drug-likeness (QED) is 0.580. The van der Waals surface area contributed by atoms with Crippen molar-refractivity contribution in [2.24, 2.45) is 0 Å². The topological polar surface area (TPSA) is 127 Å². The number of hydrogen-bond acceptors (Lipinski definition) is 7. The summed E-state index contributed by atoms with van der Waals surface area (Å²) in [4.78, 5) is 0. The fraction of sp³-hybridized carbons (Fsp3) is 0. The molecule has 7 nitrogen and oxygen atoms in total. The fourth-order valence-corrected chi connectivity index (χ4v) is 1.60. The summed E-state index contributed by atoms with van der Waals surface area (Å²) in [6.07, 6.45) is 0. The maximum atomic E-state index is 9.70. The van der Waals surface area contributed by atoms with E-state index in [1.54, 1.807) is 0 Å². The van der Waals surface area contributed by atoms with Crippen LogP contribution in [-0.4, -0.2) is 22.6 Å². The van der Waals surface area contributed by atoms with Crippen LogP contribution in [0.5, 0.6) is 23.0 Å². The molecule has 0 unspecified atom stereocenters. The van der Waals surface area contributed by atoms with E-state index in [2.05, 4.69) is 0 Å². The summed E-state index contributed by atoms with van der Waals surface area (Å²) >= 11 is 0. The predicted molar refractivity (Wildman–Crippen MR) is 76.0 cm³/mol. The Morgan fingerprint density at radius 1 is 0.870 bits per heavy atom. The summed E-state index contributed by atoms with van der Waals surface area (Å²) in [6.45, 7) is 0. The minimum atomic E-state index is -1.86. The average Bonchev–Trinajstić information content (AvgIpc) is 2.51. The maximum Gasteiger partial charge on any atom is 1.00 e. The number of phenols is 2. The molecule has 0 amide bonds. The molecule has 2 aromatic rings. The first-order valence-electron chi connectivity index (χ1n) is 6.01. The van der Waals surface area contributed by atoms with E-state index >= 15 is 0 Å². The van der Waals surface area contributed by atoms with Gasteiger partial charge in [0.15, 0.2) is 11.5 Å². The van der Waals surface area contributed by atoms with Gasteiger partial charge in [-0.15, -0.1) is 0 Å². The number of nitrogens with zero attached hydrogens (tertiary/aromatic N) is 2. The Balaban J connectivity index is 0.00000264. The van der Waals surface area contributed by atoms with Gasteiger partial charge in [0, 0.05) is 12.1 Å². The monoisotopic (exact) mass is 304 g/mol. The predicted octanol–water partition coefficient (Wildman–Crippen LogP) is -1.61. The van der Waals surface area contributed by atoms with Crippen molar-refractivity contribution in [3.63, 3.8) is 0 Å². The SMILES string of the molecule is N#Cc1ccc(O)c(OB(O)Oc2cc(C#N)ccc2O)c1.[H-].[Li+]. The van der Waals surface area contributed by atoms with Crippen molar-refractivity contribution < 1.29 is 44.8 Å². The number of benzene rings is 2. The third-order valence-electron chi connectivity index (χ3n) is 2.63. The Labute approximate surface area is 145 Å². The minimum Gasteiger partial charge on any atom is -1.00 e. The van der Waals surface area contributed by atoms with Gasteiger partial charge < -0.3 is 26.0 Å². The van der Waals surface area contributed by atoms with Crippen LogP contribution in [0.4, 0.5) is 0 Å². The molecule has 2 aromatic carbocycles. The van der Waals surface area contributed by atoms with E-state index in [1.807, 2.05) is 12.1 Å². The van der Waals surface area contributed by atoms with Crippen LogP contribution >= 0.6 is 0 Å². The van der Waals surface area contributed by atoms with Crippen molar-refractivity contribution in [1.29, 1.82) is 10.5 Å². The molecule has 0 aliphatic carbocycles. The number of nitriles is 2. The smallest absolute Gasteiger partial charge is 1.00 e. The summed E-state index contributed by atoms with van der Waals surface area (Å²) in [5.74, 6) is -0.918. The van der Waals surface area contributed by atoms with Gasteiger partial charge >= 0.3 is 26.2 Å². The molecule has 0 aliphatic heterocycles. The van der Waals surface area contributed by atoms with E-state index in [-0.39, 0.29) is 54.4 Å². The number of aromatic hydroxyl groups is 2. The molecule has 23 heavy (non-hydrogen) atoms. The van der Waals surface area contributed by atoms with Crippen molar-refractivity contribution in [2.75, 3.05) is 0 Å². The van der Waals surface area contributed by atoms with E-state index in [1.165, 1.54) is 36.4 Å². The van der Waals surface area contributed by atoms with Crippen LogP contribution in [0.3, 0.4) is 0 Å². The normalized spacial score (nSPS) is 9.00. The van der Waals surface area contributed by atoms with Gasteiger partial charge in [0.05, 0.1) is 23.3 Å². The van der Waals surface area contributed by atoms with Gasteiger partial charge in [0.1, 0.15) is 11.5 Å². The summed E-state index contributed by atoms with van der Waals surface area (Å²) in [5, 5.41) is 46.4. The Morgan fingerprint density at radius 3 is 1.61 bits per heavy atom. The summed E-state index contributed by atoms with van der Waals surface area (Å²) in [6, 6.07) is 11.3. The standard InChI is InChI=1S/C14H9BN2O5.Li.H/c16-7-9-1-3-11(18)13(5-9)21-15(20)22-14-6-10(8-17)2-4-12(14)19;;/h1-6,18-20H;;/q;+1;-1. The van der Waals surface area contributed by atoms with Gasteiger partial charge in [-0.1, -0.05) is 0 Å². The second-order valence-corrected chi connectivity index (χ2v) is 4.13. The van der Waals surface area contributed by atoms with Gasteiger partial charge in [-0.05, 0) is 24.3 Å². The van der Waals surface area contributed by atoms with Crippen molar-refractivity contribution >= 4 is 7.32 Å². The molecule has 110 valence electrons. The molecule has 0 aliphatic rings. The van der Waals surface area contributed by atoms with E-state index in [0.717, 1.165) is 0 Å². The minimum absolute atomic E-state index is 0. The summed E-state index contributed by atoms with van der Waals surface area (Å²) in [7, 11) is -1.86. The molecule has 9 heteroatoms. The molecular formula is C14H10BLiN2O5. The van der Waals surface area contributed by atoms with E-state index in [4.69, 9.17) is 19.8 Å². The number of rotatable bonds is 4. The number of hydrogen-bond donors (Lipinski definition) is 3. The van der Waals surface area contributed by atoms with Gasteiger partial charge in [-0.3, -0.25) is 0 Å². The van der Waals surface area contributed by atoms with Crippen LogP contribution in [0.15, 0.2) is 36.4 Å². The Hall–Kier alpha value is -2.76. The summed E-state index contributed by atoms with van der Waals surface area (Å²) < 4.78 is 9.92. The van der Waals surface area contributed by atoms with E-state index < -0.39 is 7.32 Å². The Kier molecular flexibility index (Phi) is 6.38. The largest absolute Gasteiger partial charge is 1.00 e. The van der Waals surface area contributed by atoms with Crippen LogP contribution in [0.1, 0.15) is 12.6 Å². The summed E-state index contributed by atoms with van der Waals surface area (Å²) in [5.41, 5.74) is 0.434.